The van der Waals surface area contributed by atoms with Gasteiger partial charge in [-0.3, -0.25) is 9.69 Å². The summed E-state index contributed by atoms with van der Waals surface area (Å²) in [6.07, 6.45) is -0.0582. The van der Waals surface area contributed by atoms with E-state index in [0.717, 1.165) is 6.34 Å². The van der Waals surface area contributed by atoms with Crippen LogP contribution in [0.25, 0.3) is 0 Å². The van der Waals surface area contributed by atoms with Gasteiger partial charge < -0.3 is 15.8 Å². The average Bonchev–Trinajstić information content (AvgIpc) is 2.80. The van der Waals surface area contributed by atoms with Crippen molar-refractivity contribution in [3.63, 3.8) is 0 Å². The number of ether oxygens (including phenoxy) is 1. The minimum atomic E-state index is -0.590. The Labute approximate surface area is 120 Å². The van der Waals surface area contributed by atoms with Gasteiger partial charge in [0.1, 0.15) is 11.8 Å². The molecule has 0 saturated carbocycles. The summed E-state index contributed by atoms with van der Waals surface area (Å²) in [5, 5.41) is 2.57. The molecule has 2 amide bonds. The van der Waals surface area contributed by atoms with Crippen molar-refractivity contribution in [1.82, 2.24) is 5.32 Å². The van der Waals surface area contributed by atoms with Crippen LogP contribution in [0.4, 0.5) is 20.6 Å². The molecule has 1 aromatic carbocycles. The first-order chi connectivity index (χ1) is 10.0. The van der Waals surface area contributed by atoms with Crippen molar-refractivity contribution >= 4 is 29.7 Å². The van der Waals surface area contributed by atoms with E-state index in [2.05, 4.69) is 10.3 Å². The van der Waals surface area contributed by atoms with Gasteiger partial charge in [0.2, 0.25) is 5.91 Å². The number of hydrogen-bond donors (Lipinski definition) is 2. The number of nitrogens with one attached hydrogen (secondary N) is 1. The molecule has 0 spiro atoms. The van der Waals surface area contributed by atoms with Gasteiger partial charge in [0.25, 0.3) is 0 Å². The van der Waals surface area contributed by atoms with Gasteiger partial charge in [-0.2, -0.15) is 0 Å². The van der Waals surface area contributed by atoms with Gasteiger partial charge in [-0.1, -0.05) is 0 Å². The van der Waals surface area contributed by atoms with E-state index in [-0.39, 0.29) is 24.7 Å². The molecule has 0 bridgehead atoms. The van der Waals surface area contributed by atoms with E-state index >= 15 is 0 Å². The lowest BCUT2D eigenvalue weighted by molar-refractivity contribution is -0.119. The van der Waals surface area contributed by atoms with Crippen molar-refractivity contribution in [2.75, 3.05) is 18.0 Å². The van der Waals surface area contributed by atoms with Gasteiger partial charge in [-0.25, -0.2) is 14.2 Å². The third-order valence-electron chi connectivity index (χ3n) is 2.91. The second kappa shape index (κ2) is 6.21. The summed E-state index contributed by atoms with van der Waals surface area (Å²) in [4.78, 5) is 27.6. The fourth-order valence-electron chi connectivity index (χ4n) is 1.94. The number of halogens is 1. The maximum absolute atomic E-state index is 13.8. The van der Waals surface area contributed by atoms with Crippen molar-refractivity contribution in [1.29, 1.82) is 0 Å². The lowest BCUT2D eigenvalue weighted by Gasteiger charge is -2.13. The number of benzene rings is 1. The number of anilines is 1. The van der Waals surface area contributed by atoms with E-state index in [1.165, 1.54) is 24.0 Å². The highest BCUT2D eigenvalue weighted by Gasteiger charge is 2.32. The maximum Gasteiger partial charge on any atom is 0.414 e. The monoisotopic (exact) mass is 294 g/mol. The zero-order valence-corrected chi connectivity index (χ0v) is 11.4. The van der Waals surface area contributed by atoms with E-state index in [4.69, 9.17) is 10.5 Å². The molecular formula is C13H15FN4O3. The largest absolute Gasteiger partial charge is 0.442 e. The summed E-state index contributed by atoms with van der Waals surface area (Å²) < 4.78 is 18.9. The van der Waals surface area contributed by atoms with Crippen LogP contribution in [0.1, 0.15) is 6.92 Å². The fraction of sp³-hybridized carbons (Fsp3) is 0.308. The third-order valence-corrected chi connectivity index (χ3v) is 2.91. The molecule has 8 heteroatoms. The van der Waals surface area contributed by atoms with Crippen LogP contribution in [-0.2, 0) is 9.53 Å². The van der Waals surface area contributed by atoms with Gasteiger partial charge in [-0.05, 0) is 18.2 Å². The summed E-state index contributed by atoms with van der Waals surface area (Å²) >= 11 is 0. The molecule has 2 rings (SSSR count). The Kier molecular flexibility index (Phi) is 4.36. The zero-order chi connectivity index (χ0) is 15.4. The van der Waals surface area contributed by atoms with Crippen molar-refractivity contribution in [2.45, 2.75) is 13.0 Å². The summed E-state index contributed by atoms with van der Waals surface area (Å²) in [6, 6.07) is 4.15. The normalized spacial score (nSPS) is 18.1. The molecule has 1 saturated heterocycles. The van der Waals surface area contributed by atoms with Crippen LogP contribution in [0.2, 0.25) is 0 Å². The predicted molar refractivity (Wildman–Crippen MR) is 75.0 cm³/mol. The quantitative estimate of drug-likeness (QED) is 0.637. The number of nitrogens with two attached hydrogens (primary N) is 1. The lowest BCUT2D eigenvalue weighted by atomic mass is 10.2. The molecule has 1 aliphatic rings. The number of cyclic esters (lactones) is 1. The highest BCUT2D eigenvalue weighted by molar-refractivity contribution is 5.90. The van der Waals surface area contributed by atoms with Crippen LogP contribution in [-0.4, -0.2) is 37.5 Å². The minimum absolute atomic E-state index is 0.0867. The molecule has 0 aromatic heterocycles. The lowest BCUT2D eigenvalue weighted by Crippen LogP contribution is -2.33. The van der Waals surface area contributed by atoms with Crippen LogP contribution in [0.3, 0.4) is 0 Å². The van der Waals surface area contributed by atoms with Crippen LogP contribution < -0.4 is 16.0 Å². The molecule has 3 N–H and O–H groups in total. The van der Waals surface area contributed by atoms with Crippen LogP contribution in [0.5, 0.6) is 0 Å². The molecule has 1 atom stereocenters. The smallest absolute Gasteiger partial charge is 0.414 e. The molecule has 1 fully saturated rings. The van der Waals surface area contributed by atoms with Crippen LogP contribution >= 0.6 is 0 Å². The Morgan fingerprint density at radius 3 is 3.05 bits per heavy atom. The molecule has 1 aromatic rings. The zero-order valence-electron chi connectivity index (χ0n) is 11.4. The highest BCUT2D eigenvalue weighted by atomic mass is 19.1. The van der Waals surface area contributed by atoms with Crippen molar-refractivity contribution in [2.24, 2.45) is 10.7 Å². The summed E-state index contributed by atoms with van der Waals surface area (Å²) in [7, 11) is 0. The topological polar surface area (TPSA) is 97.0 Å². The Bertz CT molecular complexity index is 591. The number of aliphatic imine (C=N–C) groups is 1. The van der Waals surface area contributed by atoms with E-state index in [1.807, 2.05) is 0 Å². The molecule has 1 heterocycles. The Morgan fingerprint density at radius 2 is 2.43 bits per heavy atom. The summed E-state index contributed by atoms with van der Waals surface area (Å²) in [5.74, 6) is -0.799. The van der Waals surface area contributed by atoms with E-state index in [0.29, 0.717) is 5.69 Å². The first kappa shape index (κ1) is 14.8. The number of carbonyl (C=O) groups excluding carboxylic acids is 2. The van der Waals surface area contributed by atoms with Gasteiger partial charge in [0.15, 0.2) is 5.82 Å². The number of rotatable bonds is 4. The highest BCUT2D eigenvalue weighted by Crippen LogP contribution is 2.26. The average molecular weight is 294 g/mol. The Hall–Kier alpha value is -2.64. The first-order valence-electron chi connectivity index (χ1n) is 6.27. The molecule has 112 valence electrons. The molecular weight excluding hydrogens is 279 g/mol. The number of nitrogens with zero attached hydrogens (tertiary/aromatic N) is 2. The van der Waals surface area contributed by atoms with Crippen molar-refractivity contribution in [3.8, 4) is 0 Å². The van der Waals surface area contributed by atoms with E-state index in [1.54, 1.807) is 6.07 Å². The van der Waals surface area contributed by atoms with Gasteiger partial charge in [0, 0.05) is 6.92 Å². The predicted octanol–water partition coefficient (Wildman–Crippen LogP) is 0.905. The van der Waals surface area contributed by atoms with E-state index < -0.39 is 18.0 Å². The number of hydrogen-bond acceptors (Lipinski definition) is 4. The summed E-state index contributed by atoms with van der Waals surface area (Å²) in [6.45, 7) is 1.83. The second-order valence-electron chi connectivity index (χ2n) is 4.47. The molecule has 0 unspecified atom stereocenters. The molecule has 21 heavy (non-hydrogen) atoms. The fourth-order valence-corrected chi connectivity index (χ4v) is 1.94. The third kappa shape index (κ3) is 3.47. The first-order valence-corrected chi connectivity index (χ1v) is 6.27. The number of carbonyl (C=O) groups is 2. The van der Waals surface area contributed by atoms with Crippen LogP contribution in [0.15, 0.2) is 23.2 Å². The number of amides is 2. The standard InChI is InChI=1S/C13H15FN4O3/c1-8(19)16-5-10-6-18(13(20)21-10)9-2-3-12(17-7-15)11(14)4-9/h2-4,7,10H,5-6H2,1H3,(H2,15,17)(H,16,19)/t10-/m0/s1. The second-order valence-corrected chi connectivity index (χ2v) is 4.47. The Morgan fingerprint density at radius 1 is 1.67 bits per heavy atom. The molecule has 1 aliphatic heterocycles. The van der Waals surface area contributed by atoms with Gasteiger partial charge in [-0.15, -0.1) is 0 Å². The molecule has 0 aliphatic carbocycles. The van der Waals surface area contributed by atoms with E-state index in [9.17, 15) is 14.0 Å². The van der Waals surface area contributed by atoms with Crippen molar-refractivity contribution < 1.29 is 18.7 Å². The maximum atomic E-state index is 13.8. The Balaban J connectivity index is 2.10. The summed E-state index contributed by atoms with van der Waals surface area (Å²) in [5.41, 5.74) is 5.56. The minimum Gasteiger partial charge on any atom is -0.442 e. The molecule has 7 nitrogen and oxygen atoms in total. The van der Waals surface area contributed by atoms with Crippen molar-refractivity contribution in [3.05, 3.63) is 24.0 Å². The van der Waals surface area contributed by atoms with Gasteiger partial charge >= 0.3 is 6.09 Å². The molecule has 0 radical (unpaired) electrons. The SMILES string of the molecule is CC(=O)NC[C@H]1CN(c2ccc(N=CN)c(F)c2)C(=O)O1. The van der Waals surface area contributed by atoms with Crippen LogP contribution in [0, 0.1) is 5.82 Å². The van der Waals surface area contributed by atoms with Gasteiger partial charge in [0.05, 0.1) is 25.1 Å².